The van der Waals surface area contributed by atoms with E-state index >= 15 is 0 Å². The molecule has 0 aliphatic rings. The first-order valence-corrected chi connectivity index (χ1v) is 8.61. The summed E-state index contributed by atoms with van der Waals surface area (Å²) in [5, 5.41) is 0. The molecular weight excluding hydrogens is 302 g/mol. The Morgan fingerprint density at radius 2 is 1.38 bits per heavy atom. The van der Waals surface area contributed by atoms with Crippen LogP contribution >= 0.6 is 0 Å². The summed E-state index contributed by atoms with van der Waals surface area (Å²) in [4.78, 5) is 18.5. The first kappa shape index (κ1) is 20.6. The van der Waals surface area contributed by atoms with Crippen molar-refractivity contribution in [2.45, 2.75) is 19.4 Å². The third-order valence-electron chi connectivity index (χ3n) is 3.94. The SMILES string of the molecule is COC(=O)c1ccc(CN(CCCN(C)C)CCCN(C)C)cc1. The molecule has 0 amide bonds. The molecule has 1 aromatic carbocycles. The van der Waals surface area contributed by atoms with E-state index in [0.29, 0.717) is 5.56 Å². The van der Waals surface area contributed by atoms with Gasteiger partial charge >= 0.3 is 5.97 Å². The normalized spacial score (nSPS) is 11.5. The van der Waals surface area contributed by atoms with Crippen LogP contribution < -0.4 is 0 Å². The zero-order valence-corrected chi connectivity index (χ0v) is 15.9. The third-order valence-corrected chi connectivity index (χ3v) is 3.94. The van der Waals surface area contributed by atoms with E-state index < -0.39 is 0 Å². The second-order valence-corrected chi connectivity index (χ2v) is 6.78. The maximum Gasteiger partial charge on any atom is 0.337 e. The number of rotatable bonds is 11. The molecule has 5 nitrogen and oxygen atoms in total. The van der Waals surface area contributed by atoms with Crippen molar-refractivity contribution in [3.8, 4) is 0 Å². The molecule has 0 saturated carbocycles. The summed E-state index contributed by atoms with van der Waals surface area (Å²) < 4.78 is 4.75. The maximum atomic E-state index is 11.5. The number of hydrogen-bond donors (Lipinski definition) is 0. The molecule has 0 aliphatic heterocycles. The first-order chi connectivity index (χ1) is 11.4. The van der Waals surface area contributed by atoms with E-state index in [9.17, 15) is 4.79 Å². The van der Waals surface area contributed by atoms with Crippen molar-refractivity contribution >= 4 is 5.97 Å². The van der Waals surface area contributed by atoms with Gasteiger partial charge in [-0.05, 0) is 84.9 Å². The van der Waals surface area contributed by atoms with Crippen LogP contribution in [0.25, 0.3) is 0 Å². The maximum absolute atomic E-state index is 11.5. The van der Waals surface area contributed by atoms with E-state index in [1.54, 1.807) is 0 Å². The molecule has 0 aliphatic carbocycles. The molecule has 0 unspecified atom stereocenters. The quantitative estimate of drug-likeness (QED) is 0.579. The molecule has 1 rings (SSSR count). The second kappa shape index (κ2) is 11.2. The van der Waals surface area contributed by atoms with E-state index in [1.165, 1.54) is 12.7 Å². The minimum Gasteiger partial charge on any atom is -0.465 e. The average molecular weight is 335 g/mol. The van der Waals surface area contributed by atoms with Gasteiger partial charge in [0.2, 0.25) is 0 Å². The molecule has 0 N–H and O–H groups in total. The van der Waals surface area contributed by atoms with Crippen LogP contribution in [-0.2, 0) is 11.3 Å². The van der Waals surface area contributed by atoms with Crippen molar-refractivity contribution in [1.82, 2.24) is 14.7 Å². The van der Waals surface area contributed by atoms with E-state index in [-0.39, 0.29) is 5.97 Å². The number of benzene rings is 1. The summed E-state index contributed by atoms with van der Waals surface area (Å²) in [6, 6.07) is 7.74. The largest absolute Gasteiger partial charge is 0.465 e. The van der Waals surface area contributed by atoms with E-state index in [4.69, 9.17) is 4.74 Å². The molecule has 0 saturated heterocycles. The number of methoxy groups -OCH3 is 1. The zero-order valence-electron chi connectivity index (χ0n) is 15.9. The zero-order chi connectivity index (χ0) is 17.9. The Labute approximate surface area is 147 Å². The molecule has 136 valence electrons. The van der Waals surface area contributed by atoms with Gasteiger partial charge in [-0.15, -0.1) is 0 Å². The number of carbonyl (C=O) groups is 1. The Morgan fingerprint density at radius 3 is 1.79 bits per heavy atom. The van der Waals surface area contributed by atoms with Gasteiger partial charge in [-0.2, -0.15) is 0 Å². The molecule has 5 heteroatoms. The van der Waals surface area contributed by atoms with Crippen molar-refractivity contribution in [3.63, 3.8) is 0 Å². The monoisotopic (exact) mass is 335 g/mol. The van der Waals surface area contributed by atoms with Gasteiger partial charge in [0.15, 0.2) is 0 Å². The van der Waals surface area contributed by atoms with Crippen LogP contribution in [0.4, 0.5) is 0 Å². The Bertz CT molecular complexity index is 458. The van der Waals surface area contributed by atoms with Crippen LogP contribution in [-0.4, -0.2) is 82.1 Å². The second-order valence-electron chi connectivity index (χ2n) is 6.78. The van der Waals surface area contributed by atoms with Crippen molar-refractivity contribution in [1.29, 1.82) is 0 Å². The number of nitrogens with zero attached hydrogens (tertiary/aromatic N) is 3. The lowest BCUT2D eigenvalue weighted by Crippen LogP contribution is -2.30. The third kappa shape index (κ3) is 8.43. The number of hydrogen-bond acceptors (Lipinski definition) is 5. The van der Waals surface area contributed by atoms with Crippen molar-refractivity contribution in [2.75, 3.05) is 61.5 Å². The van der Waals surface area contributed by atoms with Crippen LogP contribution in [0.3, 0.4) is 0 Å². The fourth-order valence-electron chi connectivity index (χ4n) is 2.61. The number of esters is 1. The summed E-state index contributed by atoms with van der Waals surface area (Å²) in [6.45, 7) is 5.30. The van der Waals surface area contributed by atoms with Gasteiger partial charge in [-0.3, -0.25) is 4.90 Å². The number of carbonyl (C=O) groups excluding carboxylic acids is 1. The topological polar surface area (TPSA) is 36.0 Å². The Hall–Kier alpha value is -1.43. The van der Waals surface area contributed by atoms with Gasteiger partial charge in [0.05, 0.1) is 12.7 Å². The molecule has 0 fully saturated rings. The molecule has 0 radical (unpaired) electrons. The van der Waals surface area contributed by atoms with Crippen molar-refractivity contribution in [3.05, 3.63) is 35.4 Å². The van der Waals surface area contributed by atoms with Crippen LogP contribution in [0, 0.1) is 0 Å². The minimum atomic E-state index is -0.282. The van der Waals surface area contributed by atoms with Crippen LogP contribution in [0.15, 0.2) is 24.3 Å². The predicted molar refractivity (Wildman–Crippen MR) is 99.4 cm³/mol. The first-order valence-electron chi connectivity index (χ1n) is 8.61. The lowest BCUT2D eigenvalue weighted by Gasteiger charge is -2.24. The molecule has 24 heavy (non-hydrogen) atoms. The highest BCUT2D eigenvalue weighted by molar-refractivity contribution is 5.89. The molecule has 0 aromatic heterocycles. The Balaban J connectivity index is 2.59. The van der Waals surface area contributed by atoms with Gasteiger partial charge in [0, 0.05) is 6.54 Å². The summed E-state index contributed by atoms with van der Waals surface area (Å²) in [5.41, 5.74) is 1.84. The van der Waals surface area contributed by atoms with E-state index in [2.05, 4.69) is 42.9 Å². The van der Waals surface area contributed by atoms with Gasteiger partial charge in [0.25, 0.3) is 0 Å². The van der Waals surface area contributed by atoms with Gasteiger partial charge in [0.1, 0.15) is 0 Å². The van der Waals surface area contributed by atoms with Gasteiger partial charge < -0.3 is 14.5 Å². The van der Waals surface area contributed by atoms with Crippen LogP contribution in [0.5, 0.6) is 0 Å². The van der Waals surface area contributed by atoms with E-state index in [1.807, 2.05) is 24.3 Å². The number of ether oxygens (including phenoxy) is 1. The molecular formula is C19H33N3O2. The highest BCUT2D eigenvalue weighted by Crippen LogP contribution is 2.10. The fraction of sp³-hybridized carbons (Fsp3) is 0.632. The molecule has 0 atom stereocenters. The summed E-state index contributed by atoms with van der Waals surface area (Å²) >= 11 is 0. The lowest BCUT2D eigenvalue weighted by atomic mass is 10.1. The van der Waals surface area contributed by atoms with Crippen LogP contribution in [0.2, 0.25) is 0 Å². The molecule has 0 bridgehead atoms. The lowest BCUT2D eigenvalue weighted by molar-refractivity contribution is 0.0600. The summed E-state index contributed by atoms with van der Waals surface area (Å²) in [6.07, 6.45) is 2.32. The van der Waals surface area contributed by atoms with Crippen LogP contribution in [0.1, 0.15) is 28.8 Å². The Kier molecular flexibility index (Phi) is 9.60. The smallest absolute Gasteiger partial charge is 0.337 e. The van der Waals surface area contributed by atoms with E-state index in [0.717, 1.165) is 45.6 Å². The molecule has 0 spiro atoms. The highest BCUT2D eigenvalue weighted by atomic mass is 16.5. The fourth-order valence-corrected chi connectivity index (χ4v) is 2.61. The molecule has 0 heterocycles. The molecule has 1 aromatic rings. The summed E-state index contributed by atoms with van der Waals surface area (Å²) in [7, 11) is 9.86. The summed E-state index contributed by atoms with van der Waals surface area (Å²) in [5.74, 6) is -0.282. The van der Waals surface area contributed by atoms with Crippen molar-refractivity contribution < 1.29 is 9.53 Å². The standard InChI is InChI=1S/C19H33N3O2/c1-20(2)12-6-14-22(15-7-13-21(3)4)16-17-8-10-18(11-9-17)19(23)24-5/h8-11H,6-7,12-16H2,1-5H3. The Morgan fingerprint density at radius 1 is 0.875 bits per heavy atom. The van der Waals surface area contributed by atoms with Gasteiger partial charge in [-0.25, -0.2) is 4.79 Å². The average Bonchev–Trinajstić information content (AvgIpc) is 2.54. The van der Waals surface area contributed by atoms with Gasteiger partial charge in [-0.1, -0.05) is 12.1 Å². The highest BCUT2D eigenvalue weighted by Gasteiger charge is 2.09. The minimum absolute atomic E-state index is 0.282. The predicted octanol–water partition coefficient (Wildman–Crippen LogP) is 2.18. The van der Waals surface area contributed by atoms with Crippen molar-refractivity contribution in [2.24, 2.45) is 0 Å².